The molecule has 84 valence electrons. The number of benzene rings is 1. The Morgan fingerprint density at radius 3 is 2.69 bits per heavy atom. The highest BCUT2D eigenvalue weighted by Gasteiger charge is 2.34. The van der Waals surface area contributed by atoms with Gasteiger partial charge in [-0.3, -0.25) is 4.94 Å². The molecule has 2 rings (SSSR count). The minimum Gasteiger partial charge on any atom is -0.357 e. The number of H-pyrrole nitrogens is 1. The van der Waals surface area contributed by atoms with Gasteiger partial charge in [0.15, 0.2) is 0 Å². The lowest BCUT2D eigenvalue weighted by atomic mass is 9.90. The molecule has 4 heteroatoms. The zero-order valence-electron chi connectivity index (χ0n) is 9.08. The molecule has 0 radical (unpaired) electrons. The third-order valence-corrected chi connectivity index (χ3v) is 2.78. The molecule has 0 unspecified atom stereocenters. The Balaban J connectivity index is 2.51. The van der Waals surface area contributed by atoms with Crippen molar-refractivity contribution in [3.05, 3.63) is 36.0 Å². The van der Waals surface area contributed by atoms with E-state index in [1.165, 1.54) is 0 Å². The SMILES string of the molecule is CC(C)(C(=O)OF)c1cc2ccccc2[nH]1. The molecule has 0 aliphatic rings. The molecule has 0 fully saturated rings. The van der Waals surface area contributed by atoms with Crippen LogP contribution in [0.4, 0.5) is 4.53 Å². The fourth-order valence-corrected chi connectivity index (χ4v) is 1.62. The molecule has 16 heavy (non-hydrogen) atoms. The third-order valence-electron chi connectivity index (χ3n) is 2.78. The monoisotopic (exact) mass is 221 g/mol. The molecule has 2 aromatic rings. The first kappa shape index (κ1) is 10.7. The van der Waals surface area contributed by atoms with Crippen molar-refractivity contribution >= 4 is 16.9 Å². The first-order valence-corrected chi connectivity index (χ1v) is 4.97. The second-order valence-electron chi connectivity index (χ2n) is 4.26. The molecule has 0 aliphatic carbocycles. The van der Waals surface area contributed by atoms with Gasteiger partial charge in [0.05, 0.1) is 0 Å². The first-order chi connectivity index (χ1) is 7.55. The highest BCUT2D eigenvalue weighted by molar-refractivity contribution is 5.86. The van der Waals surface area contributed by atoms with E-state index >= 15 is 0 Å². The summed E-state index contributed by atoms with van der Waals surface area (Å²) in [5.74, 6) is -0.904. The van der Waals surface area contributed by atoms with E-state index in [2.05, 4.69) is 9.93 Å². The maximum atomic E-state index is 12.0. The Morgan fingerprint density at radius 1 is 1.38 bits per heavy atom. The Kier molecular flexibility index (Phi) is 2.42. The molecule has 3 nitrogen and oxygen atoms in total. The number of rotatable bonds is 2. The predicted molar refractivity (Wildman–Crippen MR) is 58.5 cm³/mol. The van der Waals surface area contributed by atoms with Gasteiger partial charge in [0.2, 0.25) is 0 Å². The number of hydrogen-bond donors (Lipinski definition) is 1. The van der Waals surface area contributed by atoms with Gasteiger partial charge in [0.25, 0.3) is 0 Å². The molecule has 1 heterocycles. The Hall–Kier alpha value is -1.84. The van der Waals surface area contributed by atoms with Gasteiger partial charge in [-0.1, -0.05) is 18.2 Å². The second kappa shape index (κ2) is 3.63. The van der Waals surface area contributed by atoms with Crippen LogP contribution in [-0.2, 0) is 15.2 Å². The minimum atomic E-state index is -1.02. The van der Waals surface area contributed by atoms with Crippen LogP contribution in [0, 0.1) is 0 Å². The van der Waals surface area contributed by atoms with E-state index in [0.29, 0.717) is 5.69 Å². The van der Waals surface area contributed by atoms with Gasteiger partial charge in [-0.25, -0.2) is 4.79 Å². The van der Waals surface area contributed by atoms with E-state index in [1.54, 1.807) is 13.8 Å². The smallest absolute Gasteiger partial charge is 0.357 e. The molecule has 0 amide bonds. The molecule has 1 aromatic carbocycles. The summed E-state index contributed by atoms with van der Waals surface area (Å²) in [5.41, 5.74) is 0.530. The number of carbonyl (C=O) groups excluding carboxylic acids is 1. The van der Waals surface area contributed by atoms with Crippen molar-refractivity contribution in [3.8, 4) is 0 Å². The number of aromatic nitrogens is 1. The van der Waals surface area contributed by atoms with Crippen molar-refractivity contribution in [1.82, 2.24) is 4.98 Å². The summed E-state index contributed by atoms with van der Waals surface area (Å²) >= 11 is 0. The van der Waals surface area contributed by atoms with E-state index in [-0.39, 0.29) is 0 Å². The maximum Gasteiger partial charge on any atom is 0.360 e. The number of carbonyl (C=O) groups is 1. The summed E-state index contributed by atoms with van der Waals surface area (Å²) < 4.78 is 12.0. The lowest BCUT2D eigenvalue weighted by Gasteiger charge is -2.17. The van der Waals surface area contributed by atoms with Crippen LogP contribution in [-0.4, -0.2) is 11.0 Å². The summed E-state index contributed by atoms with van der Waals surface area (Å²) in [6.07, 6.45) is 0. The number of aromatic amines is 1. The Morgan fingerprint density at radius 2 is 2.06 bits per heavy atom. The first-order valence-electron chi connectivity index (χ1n) is 4.97. The van der Waals surface area contributed by atoms with Gasteiger partial charge in [0, 0.05) is 15.7 Å². The molecule has 0 spiro atoms. The third kappa shape index (κ3) is 1.56. The van der Waals surface area contributed by atoms with Gasteiger partial charge in [-0.15, -0.1) is 0 Å². The summed E-state index contributed by atoms with van der Waals surface area (Å²) in [6.45, 7) is 3.22. The molecule has 0 bridgehead atoms. The molecule has 0 saturated carbocycles. The van der Waals surface area contributed by atoms with Gasteiger partial charge < -0.3 is 4.98 Å². The maximum absolute atomic E-state index is 12.0. The summed E-state index contributed by atoms with van der Waals surface area (Å²) in [6, 6.07) is 9.44. The fraction of sp³-hybridized carbons (Fsp3) is 0.250. The number of fused-ring (bicyclic) bond motifs is 1. The Bertz CT molecular complexity index is 498. The van der Waals surface area contributed by atoms with E-state index in [1.807, 2.05) is 30.3 Å². The van der Waals surface area contributed by atoms with Crippen LogP contribution in [0.3, 0.4) is 0 Å². The van der Waals surface area contributed by atoms with Gasteiger partial charge in [-0.05, 0) is 31.4 Å². The lowest BCUT2D eigenvalue weighted by molar-refractivity contribution is -0.190. The average molecular weight is 221 g/mol. The van der Waals surface area contributed by atoms with E-state index in [4.69, 9.17) is 0 Å². The molecule has 0 saturated heterocycles. The molecule has 0 atom stereocenters. The number of nitrogens with one attached hydrogen (secondary N) is 1. The molecule has 1 N–H and O–H groups in total. The van der Waals surface area contributed by atoms with Crippen molar-refractivity contribution < 1.29 is 14.3 Å². The minimum absolute atomic E-state index is 0.636. The quantitative estimate of drug-likeness (QED) is 0.847. The van der Waals surface area contributed by atoms with Gasteiger partial charge in [0.1, 0.15) is 5.41 Å². The van der Waals surface area contributed by atoms with Crippen LogP contribution in [0.15, 0.2) is 30.3 Å². The standard InChI is InChI=1S/C12H12FNO2/c1-12(2,11(15)16-13)10-7-8-5-3-4-6-9(8)14-10/h3-7,14H,1-2H3. The van der Waals surface area contributed by atoms with Crippen LogP contribution >= 0.6 is 0 Å². The summed E-state index contributed by atoms with van der Waals surface area (Å²) in [5, 5.41) is 0.984. The predicted octanol–water partition coefficient (Wildman–Crippen LogP) is 2.87. The van der Waals surface area contributed by atoms with Crippen LogP contribution in [0.5, 0.6) is 0 Å². The largest absolute Gasteiger partial charge is 0.360 e. The van der Waals surface area contributed by atoms with Crippen LogP contribution < -0.4 is 0 Å². The van der Waals surface area contributed by atoms with E-state index < -0.39 is 11.4 Å². The van der Waals surface area contributed by atoms with E-state index in [0.717, 1.165) is 10.9 Å². The zero-order valence-corrected chi connectivity index (χ0v) is 9.08. The molecule has 1 aromatic heterocycles. The highest BCUT2D eigenvalue weighted by Crippen LogP contribution is 2.27. The van der Waals surface area contributed by atoms with Crippen LogP contribution in [0.25, 0.3) is 10.9 Å². The van der Waals surface area contributed by atoms with Crippen molar-refractivity contribution in [2.45, 2.75) is 19.3 Å². The average Bonchev–Trinajstić information content (AvgIpc) is 2.72. The summed E-state index contributed by atoms with van der Waals surface area (Å²) in [4.78, 5) is 17.7. The van der Waals surface area contributed by atoms with Crippen molar-refractivity contribution in [2.24, 2.45) is 0 Å². The van der Waals surface area contributed by atoms with Gasteiger partial charge >= 0.3 is 5.97 Å². The lowest BCUT2D eigenvalue weighted by Crippen LogP contribution is -2.29. The van der Waals surface area contributed by atoms with E-state index in [9.17, 15) is 9.32 Å². The highest BCUT2D eigenvalue weighted by atomic mass is 19.3. The zero-order chi connectivity index (χ0) is 11.8. The molecule has 0 aliphatic heterocycles. The van der Waals surface area contributed by atoms with Crippen LogP contribution in [0.2, 0.25) is 0 Å². The second-order valence-corrected chi connectivity index (χ2v) is 4.26. The fourth-order valence-electron chi connectivity index (χ4n) is 1.62. The van der Waals surface area contributed by atoms with Crippen LogP contribution in [0.1, 0.15) is 19.5 Å². The number of hydrogen-bond acceptors (Lipinski definition) is 2. The van der Waals surface area contributed by atoms with Crippen molar-refractivity contribution in [1.29, 1.82) is 0 Å². The Labute approximate surface area is 92.1 Å². The van der Waals surface area contributed by atoms with Crippen molar-refractivity contribution in [3.63, 3.8) is 0 Å². The summed E-state index contributed by atoms with van der Waals surface area (Å²) in [7, 11) is 0. The normalized spacial score (nSPS) is 11.7. The van der Waals surface area contributed by atoms with Gasteiger partial charge in [-0.2, -0.15) is 0 Å². The molecular formula is C12H12FNO2. The van der Waals surface area contributed by atoms with Crippen molar-refractivity contribution in [2.75, 3.05) is 0 Å². The topological polar surface area (TPSA) is 42.1 Å². The molecular weight excluding hydrogens is 209 g/mol. The number of halogens is 1. The number of para-hydroxylation sites is 1.